The van der Waals surface area contributed by atoms with Crippen LogP contribution in [0.5, 0.6) is 0 Å². The third kappa shape index (κ3) is 3.09. The highest BCUT2D eigenvalue weighted by molar-refractivity contribution is 5.54. The van der Waals surface area contributed by atoms with Crippen LogP contribution in [0, 0.1) is 0 Å². The maximum absolute atomic E-state index is 12.6. The average Bonchev–Trinajstić information content (AvgIpc) is 2.47. The van der Waals surface area contributed by atoms with Crippen LogP contribution in [0.25, 0.3) is 0 Å². The first kappa shape index (κ1) is 14.9. The average molecular weight is 306 g/mol. The SMILES string of the molecule is CN1CN(Cc2ccc(C(F)(F)F)cc2)Cc2ccccc21. The molecule has 2 aromatic rings. The van der Waals surface area contributed by atoms with E-state index in [1.807, 2.05) is 19.2 Å². The fraction of sp³-hybridized carbons (Fsp3) is 0.294. The first-order valence-electron chi connectivity index (χ1n) is 7.11. The molecule has 2 nitrogen and oxygen atoms in total. The van der Waals surface area contributed by atoms with Gasteiger partial charge >= 0.3 is 6.18 Å². The number of anilines is 1. The number of rotatable bonds is 2. The Balaban J connectivity index is 1.72. The first-order valence-corrected chi connectivity index (χ1v) is 7.11. The van der Waals surface area contributed by atoms with Crippen molar-refractivity contribution in [3.05, 3.63) is 65.2 Å². The molecule has 1 aliphatic rings. The van der Waals surface area contributed by atoms with E-state index in [4.69, 9.17) is 0 Å². The minimum absolute atomic E-state index is 0.600. The van der Waals surface area contributed by atoms with Crippen molar-refractivity contribution >= 4 is 5.69 Å². The minimum atomic E-state index is -4.27. The second kappa shape index (κ2) is 5.65. The molecule has 1 aliphatic heterocycles. The van der Waals surface area contributed by atoms with E-state index in [9.17, 15) is 13.2 Å². The van der Waals surface area contributed by atoms with E-state index in [0.717, 1.165) is 30.9 Å². The van der Waals surface area contributed by atoms with Gasteiger partial charge in [-0.2, -0.15) is 13.2 Å². The van der Waals surface area contributed by atoms with Gasteiger partial charge in [0.2, 0.25) is 0 Å². The van der Waals surface area contributed by atoms with Gasteiger partial charge < -0.3 is 4.90 Å². The third-order valence-corrected chi connectivity index (χ3v) is 3.90. The van der Waals surface area contributed by atoms with E-state index in [1.54, 1.807) is 12.1 Å². The highest BCUT2D eigenvalue weighted by Gasteiger charge is 2.30. The molecule has 0 unspecified atom stereocenters. The van der Waals surface area contributed by atoms with Gasteiger partial charge in [0.05, 0.1) is 12.2 Å². The van der Waals surface area contributed by atoms with E-state index in [0.29, 0.717) is 6.54 Å². The molecule has 2 aromatic carbocycles. The summed E-state index contributed by atoms with van der Waals surface area (Å²) >= 11 is 0. The summed E-state index contributed by atoms with van der Waals surface area (Å²) in [6.07, 6.45) is -4.27. The van der Waals surface area contributed by atoms with Gasteiger partial charge in [0, 0.05) is 25.8 Å². The van der Waals surface area contributed by atoms with Crippen LogP contribution in [0.3, 0.4) is 0 Å². The fourth-order valence-electron chi connectivity index (χ4n) is 2.85. The van der Waals surface area contributed by atoms with Crippen molar-refractivity contribution in [2.45, 2.75) is 19.3 Å². The zero-order chi connectivity index (χ0) is 15.7. The molecule has 0 spiro atoms. The minimum Gasteiger partial charge on any atom is -0.361 e. The second-order valence-electron chi connectivity index (χ2n) is 5.65. The van der Waals surface area contributed by atoms with Crippen molar-refractivity contribution < 1.29 is 13.2 Å². The van der Waals surface area contributed by atoms with Crippen LogP contribution < -0.4 is 4.90 Å². The molecule has 0 amide bonds. The number of hydrogen-bond donors (Lipinski definition) is 0. The summed E-state index contributed by atoms with van der Waals surface area (Å²) in [6.45, 7) is 2.20. The normalized spacial score (nSPS) is 15.7. The van der Waals surface area contributed by atoms with Crippen molar-refractivity contribution in [2.24, 2.45) is 0 Å². The van der Waals surface area contributed by atoms with Gasteiger partial charge in [0.25, 0.3) is 0 Å². The molecular weight excluding hydrogens is 289 g/mol. The molecule has 0 saturated carbocycles. The van der Waals surface area contributed by atoms with Gasteiger partial charge in [-0.3, -0.25) is 4.90 Å². The molecule has 0 aromatic heterocycles. The van der Waals surface area contributed by atoms with E-state index < -0.39 is 11.7 Å². The lowest BCUT2D eigenvalue weighted by molar-refractivity contribution is -0.137. The standard InChI is InChI=1S/C17H17F3N2/c1-21-12-22(11-14-4-2-3-5-16(14)21)10-13-6-8-15(9-7-13)17(18,19)20/h2-9H,10-12H2,1H3. The van der Waals surface area contributed by atoms with Crippen LogP contribution >= 0.6 is 0 Å². The van der Waals surface area contributed by atoms with Gasteiger partial charge in [-0.05, 0) is 29.3 Å². The maximum Gasteiger partial charge on any atom is 0.416 e. The summed E-state index contributed by atoms with van der Waals surface area (Å²) < 4.78 is 37.7. The van der Waals surface area contributed by atoms with Crippen molar-refractivity contribution in [3.8, 4) is 0 Å². The van der Waals surface area contributed by atoms with Crippen LogP contribution in [0.4, 0.5) is 18.9 Å². The number of fused-ring (bicyclic) bond motifs is 1. The van der Waals surface area contributed by atoms with E-state index in [1.165, 1.54) is 11.3 Å². The van der Waals surface area contributed by atoms with Gasteiger partial charge in [-0.15, -0.1) is 0 Å². The molecule has 0 atom stereocenters. The Kier molecular flexibility index (Phi) is 3.83. The number of benzene rings is 2. The van der Waals surface area contributed by atoms with Crippen molar-refractivity contribution in [2.75, 3.05) is 18.6 Å². The molecule has 116 valence electrons. The predicted octanol–water partition coefficient (Wildman–Crippen LogP) is 4.11. The molecule has 0 saturated heterocycles. The van der Waals surface area contributed by atoms with E-state index >= 15 is 0 Å². The Morgan fingerprint density at radius 2 is 1.68 bits per heavy atom. The Labute approximate surface area is 127 Å². The second-order valence-corrected chi connectivity index (χ2v) is 5.65. The molecular formula is C17H17F3N2. The lowest BCUT2D eigenvalue weighted by Gasteiger charge is -2.36. The lowest BCUT2D eigenvalue weighted by atomic mass is 10.1. The third-order valence-electron chi connectivity index (χ3n) is 3.90. The predicted molar refractivity (Wildman–Crippen MR) is 80.4 cm³/mol. The molecule has 0 bridgehead atoms. The first-order chi connectivity index (χ1) is 10.4. The highest BCUT2D eigenvalue weighted by atomic mass is 19.4. The summed E-state index contributed by atoms with van der Waals surface area (Å²) in [4.78, 5) is 4.37. The highest BCUT2D eigenvalue weighted by Crippen LogP contribution is 2.30. The van der Waals surface area contributed by atoms with Gasteiger partial charge in [0.15, 0.2) is 0 Å². The summed E-state index contributed by atoms with van der Waals surface area (Å²) in [7, 11) is 2.03. The van der Waals surface area contributed by atoms with Crippen LogP contribution in [0.1, 0.15) is 16.7 Å². The van der Waals surface area contributed by atoms with Crippen LogP contribution in [0.15, 0.2) is 48.5 Å². The number of hydrogen-bond acceptors (Lipinski definition) is 2. The van der Waals surface area contributed by atoms with Crippen molar-refractivity contribution in [1.29, 1.82) is 0 Å². The largest absolute Gasteiger partial charge is 0.416 e. The van der Waals surface area contributed by atoms with Gasteiger partial charge in [-0.25, -0.2) is 0 Å². The van der Waals surface area contributed by atoms with Gasteiger partial charge in [0.1, 0.15) is 0 Å². The number of para-hydroxylation sites is 1. The zero-order valence-corrected chi connectivity index (χ0v) is 12.3. The van der Waals surface area contributed by atoms with Gasteiger partial charge in [-0.1, -0.05) is 30.3 Å². The summed E-state index contributed by atoms with van der Waals surface area (Å²) in [5.41, 5.74) is 2.74. The number of nitrogens with zero attached hydrogens (tertiary/aromatic N) is 2. The molecule has 0 fully saturated rings. The van der Waals surface area contributed by atoms with E-state index in [2.05, 4.69) is 21.9 Å². The lowest BCUT2D eigenvalue weighted by Crippen LogP contribution is -2.39. The molecule has 1 heterocycles. The smallest absolute Gasteiger partial charge is 0.361 e. The van der Waals surface area contributed by atoms with Crippen molar-refractivity contribution in [3.63, 3.8) is 0 Å². The topological polar surface area (TPSA) is 6.48 Å². The monoisotopic (exact) mass is 306 g/mol. The molecule has 22 heavy (non-hydrogen) atoms. The zero-order valence-electron chi connectivity index (χ0n) is 12.3. The van der Waals surface area contributed by atoms with Crippen LogP contribution in [0.2, 0.25) is 0 Å². The summed E-state index contributed by atoms with van der Waals surface area (Å²) in [5, 5.41) is 0. The fourth-order valence-corrected chi connectivity index (χ4v) is 2.85. The summed E-state index contributed by atoms with van der Waals surface area (Å²) in [6, 6.07) is 13.6. The Morgan fingerprint density at radius 1 is 1.00 bits per heavy atom. The molecule has 5 heteroatoms. The Bertz CT molecular complexity index is 650. The quantitative estimate of drug-likeness (QED) is 0.823. The number of alkyl halides is 3. The molecule has 3 rings (SSSR count). The molecule has 0 N–H and O–H groups in total. The Hall–Kier alpha value is -2.01. The van der Waals surface area contributed by atoms with Crippen molar-refractivity contribution in [1.82, 2.24) is 4.90 Å². The Morgan fingerprint density at radius 3 is 2.36 bits per heavy atom. The molecule has 0 aliphatic carbocycles. The number of halogens is 3. The molecule has 0 radical (unpaired) electrons. The van der Waals surface area contributed by atoms with Crippen LogP contribution in [-0.2, 0) is 19.3 Å². The maximum atomic E-state index is 12.6. The van der Waals surface area contributed by atoms with E-state index in [-0.39, 0.29) is 0 Å². The summed E-state index contributed by atoms with van der Waals surface area (Å²) in [5.74, 6) is 0. The van der Waals surface area contributed by atoms with Crippen LogP contribution in [-0.4, -0.2) is 18.6 Å².